The standard InChI is InChI=1S/C22H18ClFO/c1-22(2)17-9-5-4-7-13(17)15-11-16(20(25-3)12-18(15)22)14-8-6-10-19(23)21(14)24/h4-12H,1-3H3. The van der Waals surface area contributed by atoms with Gasteiger partial charge in [0.05, 0.1) is 12.1 Å². The largest absolute Gasteiger partial charge is 0.496 e. The second kappa shape index (κ2) is 5.60. The van der Waals surface area contributed by atoms with E-state index in [9.17, 15) is 4.39 Å². The summed E-state index contributed by atoms with van der Waals surface area (Å²) in [7, 11) is 1.61. The van der Waals surface area contributed by atoms with Crippen LogP contribution in [-0.2, 0) is 5.41 Å². The highest BCUT2D eigenvalue weighted by Crippen LogP contribution is 2.51. The molecule has 0 fully saturated rings. The lowest BCUT2D eigenvalue weighted by Gasteiger charge is -2.22. The van der Waals surface area contributed by atoms with Crippen LogP contribution >= 0.6 is 11.6 Å². The summed E-state index contributed by atoms with van der Waals surface area (Å²) in [5.41, 5.74) is 5.82. The van der Waals surface area contributed by atoms with E-state index >= 15 is 0 Å². The van der Waals surface area contributed by atoms with Crippen LogP contribution in [0.4, 0.5) is 4.39 Å². The normalized spacial score (nSPS) is 14.1. The SMILES string of the molecule is COc1cc2c(cc1-c1cccc(Cl)c1F)-c1ccccc1C2(C)C. The smallest absolute Gasteiger partial charge is 0.149 e. The van der Waals surface area contributed by atoms with Crippen LogP contribution in [0.3, 0.4) is 0 Å². The highest BCUT2D eigenvalue weighted by atomic mass is 35.5. The van der Waals surface area contributed by atoms with Gasteiger partial charge in [-0.3, -0.25) is 0 Å². The lowest BCUT2D eigenvalue weighted by atomic mass is 9.82. The average molecular weight is 353 g/mol. The summed E-state index contributed by atoms with van der Waals surface area (Å²) in [6.45, 7) is 4.41. The molecule has 3 heteroatoms. The summed E-state index contributed by atoms with van der Waals surface area (Å²) in [5, 5.41) is 0.112. The number of methoxy groups -OCH3 is 1. The van der Waals surface area contributed by atoms with E-state index in [1.807, 2.05) is 18.2 Å². The quantitative estimate of drug-likeness (QED) is 0.514. The summed E-state index contributed by atoms with van der Waals surface area (Å²) >= 11 is 5.99. The molecule has 0 saturated heterocycles. The summed E-state index contributed by atoms with van der Waals surface area (Å²) in [6.07, 6.45) is 0. The van der Waals surface area contributed by atoms with Gasteiger partial charge < -0.3 is 4.74 Å². The van der Waals surface area contributed by atoms with Gasteiger partial charge in [0.1, 0.15) is 11.6 Å². The topological polar surface area (TPSA) is 9.23 Å². The average Bonchev–Trinajstić information content (AvgIpc) is 2.84. The van der Waals surface area contributed by atoms with Gasteiger partial charge in [-0.1, -0.05) is 61.8 Å². The number of fused-ring (bicyclic) bond motifs is 3. The van der Waals surface area contributed by atoms with Gasteiger partial charge >= 0.3 is 0 Å². The van der Waals surface area contributed by atoms with E-state index < -0.39 is 5.82 Å². The molecule has 0 spiro atoms. The fraction of sp³-hybridized carbons (Fsp3) is 0.182. The molecular formula is C22H18ClFO. The molecule has 3 aromatic carbocycles. The maximum Gasteiger partial charge on any atom is 0.149 e. The number of benzene rings is 3. The Balaban J connectivity index is 2.04. The summed E-state index contributed by atoms with van der Waals surface area (Å²) < 4.78 is 20.2. The minimum Gasteiger partial charge on any atom is -0.496 e. The summed E-state index contributed by atoms with van der Waals surface area (Å²) in [4.78, 5) is 0. The van der Waals surface area contributed by atoms with E-state index in [0.29, 0.717) is 16.9 Å². The number of halogens is 2. The Hall–Kier alpha value is -2.32. The van der Waals surface area contributed by atoms with Gasteiger partial charge in [-0.25, -0.2) is 4.39 Å². The molecule has 0 heterocycles. The van der Waals surface area contributed by atoms with E-state index in [1.165, 1.54) is 16.7 Å². The maximum atomic E-state index is 14.6. The van der Waals surface area contributed by atoms with Crippen molar-refractivity contribution in [2.75, 3.05) is 7.11 Å². The molecule has 0 radical (unpaired) electrons. The van der Waals surface area contributed by atoms with Crippen molar-refractivity contribution < 1.29 is 9.13 Å². The second-order valence-electron chi connectivity index (χ2n) is 6.87. The molecule has 1 aliphatic rings. The van der Waals surface area contributed by atoms with Gasteiger partial charge in [0.25, 0.3) is 0 Å². The zero-order valence-electron chi connectivity index (χ0n) is 14.4. The number of hydrogen-bond acceptors (Lipinski definition) is 1. The van der Waals surface area contributed by atoms with Crippen LogP contribution < -0.4 is 4.74 Å². The van der Waals surface area contributed by atoms with Crippen molar-refractivity contribution in [3.05, 3.63) is 76.6 Å². The van der Waals surface area contributed by atoms with Crippen LogP contribution in [0.2, 0.25) is 5.02 Å². The molecule has 0 saturated carbocycles. The van der Waals surface area contributed by atoms with Crippen molar-refractivity contribution in [1.82, 2.24) is 0 Å². The molecule has 126 valence electrons. The van der Waals surface area contributed by atoms with Gasteiger partial charge in [0.2, 0.25) is 0 Å². The molecule has 4 rings (SSSR count). The minimum atomic E-state index is -0.423. The molecule has 1 nitrogen and oxygen atoms in total. The van der Waals surface area contributed by atoms with Crippen LogP contribution in [0.5, 0.6) is 5.75 Å². The van der Waals surface area contributed by atoms with Gasteiger partial charge in [-0.2, -0.15) is 0 Å². The molecule has 1 aliphatic carbocycles. The number of rotatable bonds is 2. The van der Waals surface area contributed by atoms with Crippen molar-refractivity contribution in [2.45, 2.75) is 19.3 Å². The molecule has 0 unspecified atom stereocenters. The lowest BCUT2D eigenvalue weighted by Crippen LogP contribution is -2.15. The fourth-order valence-electron chi connectivity index (χ4n) is 3.82. The summed E-state index contributed by atoms with van der Waals surface area (Å²) in [6, 6.07) is 17.5. The van der Waals surface area contributed by atoms with Crippen LogP contribution in [0.15, 0.2) is 54.6 Å². The van der Waals surface area contributed by atoms with Gasteiger partial charge in [-0.05, 0) is 40.5 Å². The van der Waals surface area contributed by atoms with E-state index in [0.717, 1.165) is 5.56 Å². The molecule has 3 aromatic rings. The van der Waals surface area contributed by atoms with Crippen LogP contribution in [-0.4, -0.2) is 7.11 Å². The van der Waals surface area contributed by atoms with E-state index in [1.54, 1.807) is 25.3 Å². The predicted molar refractivity (Wildman–Crippen MR) is 101 cm³/mol. The van der Waals surface area contributed by atoms with Crippen LogP contribution in [0.1, 0.15) is 25.0 Å². The van der Waals surface area contributed by atoms with Crippen molar-refractivity contribution in [3.8, 4) is 28.0 Å². The predicted octanol–water partition coefficient (Wildman–Crippen LogP) is 6.46. The van der Waals surface area contributed by atoms with E-state index in [2.05, 4.69) is 32.0 Å². The Morgan fingerprint density at radius 2 is 1.56 bits per heavy atom. The molecule has 0 amide bonds. The maximum absolute atomic E-state index is 14.6. The molecular weight excluding hydrogens is 335 g/mol. The monoisotopic (exact) mass is 352 g/mol. The minimum absolute atomic E-state index is 0.112. The first kappa shape index (κ1) is 16.2. The lowest BCUT2D eigenvalue weighted by molar-refractivity contribution is 0.415. The molecule has 0 aromatic heterocycles. The first-order valence-electron chi connectivity index (χ1n) is 8.22. The van der Waals surface area contributed by atoms with Crippen LogP contribution in [0.25, 0.3) is 22.3 Å². The zero-order chi connectivity index (χ0) is 17.8. The van der Waals surface area contributed by atoms with E-state index in [4.69, 9.17) is 16.3 Å². The third-order valence-corrected chi connectivity index (χ3v) is 5.44. The highest BCUT2D eigenvalue weighted by Gasteiger charge is 2.36. The van der Waals surface area contributed by atoms with Crippen LogP contribution in [0, 0.1) is 5.82 Å². The third-order valence-electron chi connectivity index (χ3n) is 5.15. The third kappa shape index (κ3) is 2.28. The summed E-state index contributed by atoms with van der Waals surface area (Å²) in [5.74, 6) is 0.230. The fourth-order valence-corrected chi connectivity index (χ4v) is 3.99. The molecule has 0 bridgehead atoms. The molecule has 25 heavy (non-hydrogen) atoms. The van der Waals surface area contributed by atoms with Crippen molar-refractivity contribution in [3.63, 3.8) is 0 Å². The number of hydrogen-bond donors (Lipinski definition) is 0. The first-order valence-corrected chi connectivity index (χ1v) is 8.59. The van der Waals surface area contributed by atoms with Gasteiger partial charge in [0.15, 0.2) is 0 Å². The van der Waals surface area contributed by atoms with Crippen molar-refractivity contribution >= 4 is 11.6 Å². The van der Waals surface area contributed by atoms with E-state index in [-0.39, 0.29) is 10.4 Å². The second-order valence-corrected chi connectivity index (χ2v) is 7.28. The van der Waals surface area contributed by atoms with Crippen molar-refractivity contribution in [1.29, 1.82) is 0 Å². The number of ether oxygens (including phenoxy) is 1. The van der Waals surface area contributed by atoms with Crippen molar-refractivity contribution in [2.24, 2.45) is 0 Å². The Morgan fingerprint density at radius 3 is 2.32 bits per heavy atom. The zero-order valence-corrected chi connectivity index (χ0v) is 15.1. The molecule has 0 N–H and O–H groups in total. The molecule has 0 atom stereocenters. The first-order chi connectivity index (χ1) is 11.9. The Labute approximate surface area is 152 Å². The Kier molecular flexibility index (Phi) is 3.62. The Morgan fingerprint density at radius 1 is 0.840 bits per heavy atom. The Bertz CT molecular complexity index is 991. The highest BCUT2D eigenvalue weighted by molar-refractivity contribution is 6.31. The van der Waals surface area contributed by atoms with Gasteiger partial charge in [-0.15, -0.1) is 0 Å². The molecule has 0 aliphatic heterocycles. The van der Waals surface area contributed by atoms with Gasteiger partial charge in [0, 0.05) is 16.5 Å².